The van der Waals surface area contributed by atoms with Gasteiger partial charge in [-0.2, -0.15) is 0 Å². The van der Waals surface area contributed by atoms with Crippen molar-refractivity contribution in [2.45, 2.75) is 12.5 Å². The summed E-state index contributed by atoms with van der Waals surface area (Å²) in [5.74, 6) is -1.43. The summed E-state index contributed by atoms with van der Waals surface area (Å²) in [6.07, 6.45) is 0. The number of aromatic nitrogens is 2. The van der Waals surface area contributed by atoms with E-state index in [9.17, 15) is 14.4 Å². The first-order valence-electron chi connectivity index (χ1n) is 9.94. The van der Waals surface area contributed by atoms with E-state index in [0.29, 0.717) is 10.9 Å². The molecule has 0 bridgehead atoms. The van der Waals surface area contributed by atoms with E-state index in [4.69, 9.17) is 9.47 Å². The Bertz CT molecular complexity index is 1280. The Morgan fingerprint density at radius 1 is 0.938 bits per heavy atom. The predicted octanol–water partition coefficient (Wildman–Crippen LogP) is 3.59. The number of H-pyrrole nitrogens is 1. The van der Waals surface area contributed by atoms with Crippen LogP contribution >= 0.6 is 0 Å². The van der Waals surface area contributed by atoms with Crippen LogP contribution in [0.15, 0.2) is 83.7 Å². The van der Waals surface area contributed by atoms with Gasteiger partial charge in [-0.05, 0) is 29.3 Å². The number of methoxy groups -OCH3 is 1. The Morgan fingerprint density at radius 3 is 2.16 bits per heavy atom. The van der Waals surface area contributed by atoms with E-state index in [-0.39, 0.29) is 23.6 Å². The van der Waals surface area contributed by atoms with Crippen molar-refractivity contribution in [3.8, 4) is 0 Å². The van der Waals surface area contributed by atoms with Gasteiger partial charge in [0.25, 0.3) is 5.56 Å². The standard InChI is InChI=1S/C25H20N2O5/c1-31-24(29)18-12-13-19-20(14-18)26-21(27-23(19)28)15-32-25(30)22(16-8-4-2-5-9-16)17-10-6-3-7-11-17/h2-14,22H,15H2,1H3,(H,26,27,28). The lowest BCUT2D eigenvalue weighted by atomic mass is 9.91. The predicted molar refractivity (Wildman–Crippen MR) is 118 cm³/mol. The summed E-state index contributed by atoms with van der Waals surface area (Å²) in [7, 11) is 1.28. The lowest BCUT2D eigenvalue weighted by molar-refractivity contribution is -0.146. The van der Waals surface area contributed by atoms with Gasteiger partial charge in [0.15, 0.2) is 0 Å². The van der Waals surface area contributed by atoms with Crippen molar-refractivity contribution in [2.24, 2.45) is 0 Å². The molecule has 0 atom stereocenters. The van der Waals surface area contributed by atoms with Crippen molar-refractivity contribution < 1.29 is 19.1 Å². The maximum Gasteiger partial charge on any atom is 0.337 e. The zero-order chi connectivity index (χ0) is 22.5. The molecule has 1 heterocycles. The summed E-state index contributed by atoms with van der Waals surface area (Å²) in [5, 5.41) is 0.319. The second-order valence-electron chi connectivity index (χ2n) is 7.10. The minimum atomic E-state index is -0.615. The molecule has 1 N–H and O–H groups in total. The van der Waals surface area contributed by atoms with Crippen LogP contribution in [0.1, 0.15) is 33.2 Å². The van der Waals surface area contributed by atoms with Crippen molar-refractivity contribution in [1.29, 1.82) is 0 Å². The molecule has 0 aliphatic carbocycles. The molecule has 0 saturated carbocycles. The summed E-state index contributed by atoms with van der Waals surface area (Å²) in [5.41, 5.74) is 1.79. The number of rotatable bonds is 6. The Hall–Kier alpha value is -4.26. The van der Waals surface area contributed by atoms with E-state index >= 15 is 0 Å². The van der Waals surface area contributed by atoms with Crippen molar-refractivity contribution in [1.82, 2.24) is 9.97 Å². The van der Waals surface area contributed by atoms with Gasteiger partial charge in [0.05, 0.1) is 23.6 Å². The molecular formula is C25H20N2O5. The second-order valence-corrected chi connectivity index (χ2v) is 7.10. The number of ether oxygens (including phenoxy) is 2. The first-order valence-corrected chi connectivity index (χ1v) is 9.94. The third-order valence-corrected chi connectivity index (χ3v) is 5.03. The molecule has 32 heavy (non-hydrogen) atoms. The second kappa shape index (κ2) is 9.26. The number of hydrogen-bond acceptors (Lipinski definition) is 6. The molecule has 0 saturated heterocycles. The van der Waals surface area contributed by atoms with E-state index in [1.165, 1.54) is 25.3 Å². The van der Waals surface area contributed by atoms with Crippen molar-refractivity contribution in [3.63, 3.8) is 0 Å². The third-order valence-electron chi connectivity index (χ3n) is 5.03. The summed E-state index contributed by atoms with van der Waals surface area (Å²) in [4.78, 5) is 44.2. The highest BCUT2D eigenvalue weighted by atomic mass is 16.5. The van der Waals surface area contributed by atoms with Crippen LogP contribution in [-0.4, -0.2) is 29.0 Å². The first kappa shape index (κ1) is 21.0. The van der Waals surface area contributed by atoms with Gasteiger partial charge in [-0.1, -0.05) is 60.7 Å². The van der Waals surface area contributed by atoms with E-state index in [1.54, 1.807) is 0 Å². The zero-order valence-electron chi connectivity index (χ0n) is 17.3. The average molecular weight is 428 g/mol. The van der Waals surface area contributed by atoms with Crippen LogP contribution < -0.4 is 5.56 Å². The van der Waals surface area contributed by atoms with E-state index in [2.05, 4.69) is 9.97 Å². The topological polar surface area (TPSA) is 98.4 Å². The van der Waals surface area contributed by atoms with Gasteiger partial charge < -0.3 is 14.5 Å². The highest BCUT2D eigenvalue weighted by Crippen LogP contribution is 2.26. The molecule has 4 rings (SSSR count). The molecule has 1 aromatic heterocycles. The highest BCUT2D eigenvalue weighted by Gasteiger charge is 2.24. The molecule has 0 radical (unpaired) electrons. The molecule has 0 aliphatic heterocycles. The summed E-state index contributed by atoms with van der Waals surface area (Å²) < 4.78 is 10.3. The van der Waals surface area contributed by atoms with Gasteiger partial charge in [0, 0.05) is 0 Å². The largest absolute Gasteiger partial charge is 0.465 e. The number of benzene rings is 3. The zero-order valence-corrected chi connectivity index (χ0v) is 17.3. The molecule has 0 aliphatic rings. The Labute approximate surface area is 183 Å². The average Bonchev–Trinajstić information content (AvgIpc) is 2.83. The Balaban J connectivity index is 1.60. The van der Waals surface area contributed by atoms with Crippen LogP contribution in [0.4, 0.5) is 0 Å². The van der Waals surface area contributed by atoms with Gasteiger partial charge in [-0.3, -0.25) is 9.59 Å². The molecule has 0 fully saturated rings. The summed E-state index contributed by atoms with van der Waals surface area (Å²) in [6, 6.07) is 23.1. The molecule has 7 nitrogen and oxygen atoms in total. The smallest absolute Gasteiger partial charge is 0.337 e. The Kier molecular flexibility index (Phi) is 6.07. The third kappa shape index (κ3) is 4.41. The van der Waals surface area contributed by atoms with Crippen LogP contribution in [0.2, 0.25) is 0 Å². The van der Waals surface area contributed by atoms with Crippen LogP contribution in [0.5, 0.6) is 0 Å². The number of fused-ring (bicyclic) bond motifs is 1. The quantitative estimate of drug-likeness (QED) is 0.472. The highest BCUT2D eigenvalue weighted by molar-refractivity contribution is 5.94. The SMILES string of the molecule is COC(=O)c1ccc2c(=O)[nH]c(COC(=O)C(c3ccccc3)c3ccccc3)nc2c1. The van der Waals surface area contributed by atoms with Gasteiger partial charge in [0.2, 0.25) is 0 Å². The van der Waals surface area contributed by atoms with Gasteiger partial charge in [-0.15, -0.1) is 0 Å². The number of aromatic amines is 1. The minimum absolute atomic E-state index is 0.178. The normalized spacial score (nSPS) is 10.8. The maximum atomic E-state index is 13.0. The van der Waals surface area contributed by atoms with Crippen molar-refractivity contribution >= 4 is 22.8 Å². The fraction of sp³-hybridized carbons (Fsp3) is 0.120. The van der Waals surface area contributed by atoms with Gasteiger partial charge >= 0.3 is 11.9 Å². The number of hydrogen-bond donors (Lipinski definition) is 1. The van der Waals surface area contributed by atoms with Crippen molar-refractivity contribution in [3.05, 3.63) is 112 Å². The summed E-state index contributed by atoms with van der Waals surface area (Å²) in [6.45, 7) is -0.220. The molecule has 7 heteroatoms. The lowest BCUT2D eigenvalue weighted by Crippen LogP contribution is -2.19. The van der Waals surface area contributed by atoms with E-state index in [1.807, 2.05) is 60.7 Å². The van der Waals surface area contributed by atoms with Crippen LogP contribution in [-0.2, 0) is 20.9 Å². The number of carbonyl (C=O) groups is 2. The molecule has 4 aromatic rings. The first-order chi connectivity index (χ1) is 15.6. The van der Waals surface area contributed by atoms with Crippen molar-refractivity contribution in [2.75, 3.05) is 7.11 Å². The molecule has 0 unspecified atom stereocenters. The van der Waals surface area contributed by atoms with Crippen LogP contribution in [0, 0.1) is 0 Å². The van der Waals surface area contributed by atoms with Gasteiger partial charge in [-0.25, -0.2) is 9.78 Å². The van der Waals surface area contributed by atoms with Gasteiger partial charge in [0.1, 0.15) is 18.3 Å². The fourth-order valence-corrected chi connectivity index (χ4v) is 3.48. The molecule has 160 valence electrons. The summed E-state index contributed by atoms with van der Waals surface area (Å²) >= 11 is 0. The minimum Gasteiger partial charge on any atom is -0.465 e. The van der Waals surface area contributed by atoms with E-state index in [0.717, 1.165) is 11.1 Å². The fourth-order valence-electron chi connectivity index (χ4n) is 3.48. The number of nitrogens with zero attached hydrogens (tertiary/aromatic N) is 1. The molecule has 0 amide bonds. The monoisotopic (exact) mass is 428 g/mol. The number of carbonyl (C=O) groups excluding carboxylic acids is 2. The lowest BCUT2D eigenvalue weighted by Gasteiger charge is -2.17. The Morgan fingerprint density at radius 2 is 1.56 bits per heavy atom. The number of nitrogens with one attached hydrogen (secondary N) is 1. The van der Waals surface area contributed by atoms with Crippen LogP contribution in [0.3, 0.4) is 0 Å². The molecule has 3 aromatic carbocycles. The maximum absolute atomic E-state index is 13.0. The molecular weight excluding hydrogens is 408 g/mol. The van der Waals surface area contributed by atoms with Crippen LogP contribution in [0.25, 0.3) is 10.9 Å². The van der Waals surface area contributed by atoms with E-state index < -0.39 is 17.9 Å². The number of esters is 2. The molecule has 0 spiro atoms.